The van der Waals surface area contributed by atoms with Crippen LogP contribution in [0.2, 0.25) is 0 Å². The van der Waals surface area contributed by atoms with Crippen LogP contribution in [-0.4, -0.2) is 11.0 Å². The van der Waals surface area contributed by atoms with Crippen LogP contribution >= 0.6 is 31.9 Å². The summed E-state index contributed by atoms with van der Waals surface area (Å²) in [6.07, 6.45) is 0. The maximum absolute atomic E-state index is 13.7. The van der Waals surface area contributed by atoms with Crippen molar-refractivity contribution >= 4 is 37.7 Å². The van der Waals surface area contributed by atoms with Crippen molar-refractivity contribution in [2.24, 2.45) is 10.9 Å². The number of hydrogen-bond acceptors (Lipinski definition) is 3. The Labute approximate surface area is 131 Å². The first-order chi connectivity index (χ1) is 9.51. The van der Waals surface area contributed by atoms with Gasteiger partial charge in [-0.3, -0.25) is 0 Å². The van der Waals surface area contributed by atoms with E-state index in [1.165, 1.54) is 12.1 Å². The monoisotopic (exact) mass is 402 g/mol. The zero-order valence-corrected chi connectivity index (χ0v) is 13.2. The summed E-state index contributed by atoms with van der Waals surface area (Å²) in [6.45, 7) is 0. The predicted molar refractivity (Wildman–Crippen MR) is 80.8 cm³/mol. The number of hydrogen-bond donors (Lipinski definition) is 2. The second-order valence-corrected chi connectivity index (χ2v) is 5.57. The SMILES string of the molecule is N/C(=N/O)c1ccc(Oc2ccc(Br)cc2F)cc1Br. The standard InChI is InChI=1S/C13H9Br2FN2O2/c14-7-1-4-12(11(16)5-7)20-8-2-3-9(10(15)6-8)13(17)18-19/h1-6,19H,(H2,17,18). The van der Waals surface area contributed by atoms with Gasteiger partial charge in [0.25, 0.3) is 0 Å². The molecule has 0 aliphatic carbocycles. The van der Waals surface area contributed by atoms with Gasteiger partial charge in [-0.1, -0.05) is 21.1 Å². The molecular formula is C13H9Br2FN2O2. The Balaban J connectivity index is 2.29. The number of oxime groups is 1. The number of rotatable bonds is 3. The molecule has 0 saturated carbocycles. The molecule has 0 aliphatic rings. The zero-order chi connectivity index (χ0) is 14.7. The van der Waals surface area contributed by atoms with Gasteiger partial charge in [-0.2, -0.15) is 0 Å². The quantitative estimate of drug-likeness (QED) is 0.348. The van der Waals surface area contributed by atoms with Gasteiger partial charge in [0.15, 0.2) is 17.4 Å². The van der Waals surface area contributed by atoms with E-state index in [2.05, 4.69) is 37.0 Å². The van der Waals surface area contributed by atoms with E-state index in [1.54, 1.807) is 24.3 Å². The third kappa shape index (κ3) is 3.29. The molecule has 0 heterocycles. The molecule has 0 aromatic heterocycles. The highest BCUT2D eigenvalue weighted by atomic mass is 79.9. The summed E-state index contributed by atoms with van der Waals surface area (Å²) < 4.78 is 20.3. The molecule has 0 saturated heterocycles. The molecule has 20 heavy (non-hydrogen) atoms. The van der Waals surface area contributed by atoms with Gasteiger partial charge in [0, 0.05) is 14.5 Å². The molecule has 2 rings (SSSR count). The van der Waals surface area contributed by atoms with Crippen molar-refractivity contribution in [2.45, 2.75) is 0 Å². The summed E-state index contributed by atoms with van der Waals surface area (Å²) >= 11 is 6.45. The van der Waals surface area contributed by atoms with Crippen LogP contribution in [0.3, 0.4) is 0 Å². The lowest BCUT2D eigenvalue weighted by Crippen LogP contribution is -2.13. The van der Waals surface area contributed by atoms with Crippen LogP contribution in [0.5, 0.6) is 11.5 Å². The first-order valence-electron chi connectivity index (χ1n) is 5.41. The fraction of sp³-hybridized carbons (Fsp3) is 0. The van der Waals surface area contributed by atoms with E-state index < -0.39 is 5.82 Å². The first-order valence-corrected chi connectivity index (χ1v) is 7.00. The maximum atomic E-state index is 13.7. The normalized spacial score (nSPS) is 11.4. The lowest BCUT2D eigenvalue weighted by molar-refractivity contribution is 0.318. The number of amidine groups is 1. The molecule has 2 aromatic rings. The van der Waals surface area contributed by atoms with Crippen molar-refractivity contribution in [3.8, 4) is 11.5 Å². The van der Waals surface area contributed by atoms with Crippen LogP contribution < -0.4 is 10.5 Å². The molecule has 0 radical (unpaired) electrons. The molecule has 7 heteroatoms. The van der Waals surface area contributed by atoms with Gasteiger partial charge in [0.1, 0.15) is 5.75 Å². The Morgan fingerprint density at radius 3 is 2.55 bits per heavy atom. The predicted octanol–water partition coefficient (Wildman–Crippen LogP) is 4.24. The number of halogens is 3. The third-order valence-corrected chi connectivity index (χ3v) is 3.60. The van der Waals surface area contributed by atoms with E-state index in [-0.39, 0.29) is 11.6 Å². The van der Waals surface area contributed by atoms with Gasteiger partial charge in [0.2, 0.25) is 0 Å². The van der Waals surface area contributed by atoms with Crippen LogP contribution in [0.1, 0.15) is 5.56 Å². The first kappa shape index (κ1) is 14.8. The summed E-state index contributed by atoms with van der Waals surface area (Å²) in [7, 11) is 0. The Morgan fingerprint density at radius 1 is 1.20 bits per heavy atom. The van der Waals surface area contributed by atoms with Crippen LogP contribution in [0.15, 0.2) is 50.5 Å². The van der Waals surface area contributed by atoms with Crippen molar-refractivity contribution in [3.05, 3.63) is 56.7 Å². The Morgan fingerprint density at radius 2 is 1.95 bits per heavy atom. The molecule has 0 spiro atoms. The van der Waals surface area contributed by atoms with Crippen LogP contribution in [-0.2, 0) is 0 Å². The Bertz CT molecular complexity index is 677. The molecule has 4 nitrogen and oxygen atoms in total. The summed E-state index contributed by atoms with van der Waals surface area (Å²) in [5.74, 6) is 0.0264. The number of ether oxygens (including phenoxy) is 1. The average Bonchev–Trinajstić information content (AvgIpc) is 2.41. The highest BCUT2D eigenvalue weighted by Crippen LogP contribution is 2.29. The van der Waals surface area contributed by atoms with Crippen LogP contribution in [0.4, 0.5) is 4.39 Å². The van der Waals surface area contributed by atoms with E-state index in [1.807, 2.05) is 0 Å². The average molecular weight is 404 g/mol. The molecule has 0 unspecified atom stereocenters. The van der Waals surface area contributed by atoms with Crippen LogP contribution in [0.25, 0.3) is 0 Å². The highest BCUT2D eigenvalue weighted by Gasteiger charge is 2.09. The van der Waals surface area contributed by atoms with Gasteiger partial charge in [0.05, 0.1) is 0 Å². The van der Waals surface area contributed by atoms with E-state index >= 15 is 0 Å². The number of nitrogens with two attached hydrogens (primary N) is 1. The topological polar surface area (TPSA) is 67.8 Å². The van der Waals surface area contributed by atoms with Gasteiger partial charge < -0.3 is 15.7 Å². The lowest BCUT2D eigenvalue weighted by Gasteiger charge is -2.09. The smallest absolute Gasteiger partial charge is 0.171 e. The third-order valence-electron chi connectivity index (χ3n) is 2.45. The molecule has 0 fully saturated rings. The van der Waals surface area contributed by atoms with Gasteiger partial charge in [-0.15, -0.1) is 0 Å². The molecule has 3 N–H and O–H groups in total. The molecule has 0 atom stereocenters. The second-order valence-electron chi connectivity index (χ2n) is 3.80. The maximum Gasteiger partial charge on any atom is 0.171 e. The van der Waals surface area contributed by atoms with E-state index in [9.17, 15) is 4.39 Å². The summed E-state index contributed by atoms with van der Waals surface area (Å²) in [4.78, 5) is 0. The van der Waals surface area contributed by atoms with Crippen molar-refractivity contribution in [3.63, 3.8) is 0 Å². The van der Waals surface area contributed by atoms with Crippen molar-refractivity contribution < 1.29 is 14.3 Å². The van der Waals surface area contributed by atoms with E-state index in [4.69, 9.17) is 15.7 Å². The Hall–Kier alpha value is -1.60. The molecular weight excluding hydrogens is 395 g/mol. The van der Waals surface area contributed by atoms with Crippen molar-refractivity contribution in [2.75, 3.05) is 0 Å². The number of nitrogens with zero attached hydrogens (tertiary/aromatic N) is 1. The molecule has 0 amide bonds. The van der Waals surface area contributed by atoms with Crippen molar-refractivity contribution in [1.29, 1.82) is 0 Å². The summed E-state index contributed by atoms with van der Waals surface area (Å²) in [6, 6.07) is 9.32. The molecule has 0 aliphatic heterocycles. The summed E-state index contributed by atoms with van der Waals surface area (Å²) in [5.41, 5.74) is 6.01. The number of benzene rings is 2. The van der Waals surface area contributed by atoms with Gasteiger partial charge in [-0.25, -0.2) is 4.39 Å². The molecule has 0 bridgehead atoms. The molecule has 2 aromatic carbocycles. The largest absolute Gasteiger partial charge is 0.454 e. The lowest BCUT2D eigenvalue weighted by atomic mass is 10.2. The van der Waals surface area contributed by atoms with Gasteiger partial charge >= 0.3 is 0 Å². The van der Waals surface area contributed by atoms with Crippen molar-refractivity contribution in [1.82, 2.24) is 0 Å². The minimum Gasteiger partial charge on any atom is -0.454 e. The second kappa shape index (κ2) is 6.23. The van der Waals surface area contributed by atoms with Crippen LogP contribution in [0, 0.1) is 5.82 Å². The zero-order valence-electron chi connectivity index (χ0n) is 9.98. The Kier molecular flexibility index (Phi) is 4.61. The van der Waals surface area contributed by atoms with Gasteiger partial charge in [-0.05, 0) is 52.3 Å². The fourth-order valence-electron chi connectivity index (χ4n) is 1.51. The minimum absolute atomic E-state index is 0.0294. The summed E-state index contributed by atoms with van der Waals surface area (Å²) in [5, 5.41) is 11.6. The fourth-order valence-corrected chi connectivity index (χ4v) is 2.40. The van der Waals surface area contributed by atoms with E-state index in [0.29, 0.717) is 20.3 Å². The minimum atomic E-state index is -0.476. The van der Waals surface area contributed by atoms with E-state index in [0.717, 1.165) is 0 Å². The molecule has 104 valence electrons. The highest BCUT2D eigenvalue weighted by molar-refractivity contribution is 9.10.